The number of carbonyl (C=O) groups excluding carboxylic acids is 1. The molecule has 1 aliphatic rings. The monoisotopic (exact) mass is 480 g/mol. The molecule has 10 heteroatoms. The molecular weight excluding hydrogens is 459 g/mol. The zero-order chi connectivity index (χ0) is 22.1. The van der Waals surface area contributed by atoms with Gasteiger partial charge < -0.3 is 4.90 Å². The largest absolute Gasteiger partial charge is 0.335 e. The van der Waals surface area contributed by atoms with E-state index in [-0.39, 0.29) is 5.91 Å². The van der Waals surface area contributed by atoms with E-state index in [9.17, 15) is 4.79 Å². The van der Waals surface area contributed by atoms with Crippen molar-refractivity contribution in [2.24, 2.45) is 0 Å². The highest BCUT2D eigenvalue weighted by Crippen LogP contribution is 2.23. The van der Waals surface area contributed by atoms with Gasteiger partial charge in [-0.3, -0.25) is 14.4 Å². The quantitative estimate of drug-likeness (QED) is 0.550. The first-order chi connectivity index (χ1) is 14.8. The van der Waals surface area contributed by atoms with Gasteiger partial charge in [-0.2, -0.15) is 10.2 Å². The summed E-state index contributed by atoms with van der Waals surface area (Å²) in [5, 5.41) is 10.6. The van der Waals surface area contributed by atoms with Crippen LogP contribution in [0.15, 0.2) is 30.5 Å². The van der Waals surface area contributed by atoms with Crippen LogP contribution in [0.2, 0.25) is 15.1 Å². The molecule has 2 aromatic heterocycles. The normalized spacial score (nSPS) is 14.9. The lowest BCUT2D eigenvalue weighted by Crippen LogP contribution is -2.48. The molecule has 3 heterocycles. The van der Waals surface area contributed by atoms with Gasteiger partial charge in [-0.1, -0.05) is 40.9 Å². The lowest BCUT2D eigenvalue weighted by molar-refractivity contribution is 0.0621. The molecule has 0 atom stereocenters. The third-order valence-electron chi connectivity index (χ3n) is 5.48. The van der Waals surface area contributed by atoms with E-state index in [1.165, 1.54) is 0 Å². The number of rotatable bonds is 5. The first-order valence-electron chi connectivity index (χ1n) is 10.0. The Hall–Kier alpha value is -2.06. The molecule has 4 rings (SSSR count). The first kappa shape index (κ1) is 22.1. The minimum atomic E-state index is -0.0562. The Labute approximate surface area is 196 Å². The molecule has 0 aliphatic carbocycles. The van der Waals surface area contributed by atoms with Crippen molar-refractivity contribution in [3.63, 3.8) is 0 Å². The van der Waals surface area contributed by atoms with E-state index < -0.39 is 0 Å². The van der Waals surface area contributed by atoms with Crippen molar-refractivity contribution in [1.29, 1.82) is 0 Å². The fraction of sp³-hybridized carbons (Fsp3) is 0.381. The van der Waals surface area contributed by atoms with Crippen molar-refractivity contribution in [3.8, 4) is 0 Å². The number of aryl methyl sites for hydroxylation is 1. The third kappa shape index (κ3) is 4.90. The number of amides is 1. The Morgan fingerprint density at radius 2 is 1.74 bits per heavy atom. The van der Waals surface area contributed by atoms with E-state index in [2.05, 4.69) is 15.1 Å². The first-order valence-corrected chi connectivity index (χ1v) is 11.1. The van der Waals surface area contributed by atoms with Gasteiger partial charge in [0, 0.05) is 38.9 Å². The van der Waals surface area contributed by atoms with Crippen molar-refractivity contribution in [2.45, 2.75) is 27.1 Å². The molecule has 31 heavy (non-hydrogen) atoms. The summed E-state index contributed by atoms with van der Waals surface area (Å²) in [5.74, 6) is -0.0562. The number of nitrogens with zero attached hydrogens (tertiary/aromatic N) is 6. The van der Waals surface area contributed by atoms with Crippen molar-refractivity contribution in [2.75, 3.05) is 26.2 Å². The van der Waals surface area contributed by atoms with Crippen LogP contribution in [0.1, 0.15) is 27.4 Å². The molecule has 0 N–H and O–H groups in total. The van der Waals surface area contributed by atoms with E-state index in [0.29, 0.717) is 40.5 Å². The molecule has 1 aliphatic heterocycles. The summed E-state index contributed by atoms with van der Waals surface area (Å²) in [6.07, 6.45) is 1.79. The highest BCUT2D eigenvalue weighted by atomic mass is 35.5. The molecule has 1 amide bonds. The average molecular weight is 482 g/mol. The lowest BCUT2D eigenvalue weighted by atomic mass is 10.2. The Balaban J connectivity index is 1.33. The zero-order valence-corrected chi connectivity index (χ0v) is 19.6. The van der Waals surface area contributed by atoms with Crippen molar-refractivity contribution < 1.29 is 4.79 Å². The van der Waals surface area contributed by atoms with E-state index in [1.807, 2.05) is 36.9 Å². The maximum atomic E-state index is 12.9. The van der Waals surface area contributed by atoms with Crippen molar-refractivity contribution >= 4 is 40.7 Å². The summed E-state index contributed by atoms with van der Waals surface area (Å²) in [4.78, 5) is 17.0. The fourth-order valence-electron chi connectivity index (χ4n) is 3.67. The summed E-state index contributed by atoms with van der Waals surface area (Å²) in [5.41, 5.74) is 3.20. The van der Waals surface area contributed by atoms with Crippen LogP contribution < -0.4 is 0 Å². The van der Waals surface area contributed by atoms with Crippen LogP contribution in [0, 0.1) is 13.8 Å². The molecule has 0 unspecified atom stereocenters. The Morgan fingerprint density at radius 1 is 1.00 bits per heavy atom. The highest BCUT2D eigenvalue weighted by molar-refractivity contribution is 6.42. The molecule has 164 valence electrons. The van der Waals surface area contributed by atoms with Crippen LogP contribution >= 0.6 is 34.8 Å². The van der Waals surface area contributed by atoms with Crippen molar-refractivity contribution in [1.82, 2.24) is 29.4 Å². The van der Waals surface area contributed by atoms with Crippen LogP contribution in [-0.2, 0) is 13.2 Å². The van der Waals surface area contributed by atoms with E-state index >= 15 is 0 Å². The van der Waals surface area contributed by atoms with E-state index in [4.69, 9.17) is 34.8 Å². The molecule has 0 spiro atoms. The van der Waals surface area contributed by atoms with E-state index in [1.54, 1.807) is 21.6 Å². The number of benzene rings is 1. The van der Waals surface area contributed by atoms with Gasteiger partial charge in [-0.15, -0.1) is 0 Å². The van der Waals surface area contributed by atoms with Crippen LogP contribution in [0.25, 0.3) is 0 Å². The standard InChI is InChI=1S/C21H23Cl3N6O/c1-14-20(24)15(2)30(25-14)13-29-6-5-19(26-29)21(31)28-9-7-27(8-10-28)12-16-3-4-17(22)18(23)11-16/h3-6,11H,7-10,12-13H2,1-2H3. The number of hydrogen-bond acceptors (Lipinski definition) is 4. The zero-order valence-electron chi connectivity index (χ0n) is 17.4. The summed E-state index contributed by atoms with van der Waals surface area (Å²) in [7, 11) is 0. The van der Waals surface area contributed by atoms with Gasteiger partial charge in [0.15, 0.2) is 0 Å². The number of piperazine rings is 1. The topological polar surface area (TPSA) is 59.2 Å². The molecule has 1 fully saturated rings. The maximum Gasteiger partial charge on any atom is 0.274 e. The van der Waals surface area contributed by atoms with Crippen LogP contribution in [0.3, 0.4) is 0 Å². The third-order valence-corrected chi connectivity index (χ3v) is 6.77. The smallest absolute Gasteiger partial charge is 0.274 e. The minimum Gasteiger partial charge on any atom is -0.335 e. The highest BCUT2D eigenvalue weighted by Gasteiger charge is 2.24. The molecule has 0 radical (unpaired) electrons. The van der Waals surface area contributed by atoms with Crippen molar-refractivity contribution in [3.05, 3.63) is 68.2 Å². The summed E-state index contributed by atoms with van der Waals surface area (Å²) in [6.45, 7) is 7.84. The number of aromatic nitrogens is 4. The minimum absolute atomic E-state index is 0.0562. The summed E-state index contributed by atoms with van der Waals surface area (Å²) >= 11 is 18.3. The second kappa shape index (κ2) is 9.20. The second-order valence-electron chi connectivity index (χ2n) is 7.68. The van der Waals surface area contributed by atoms with Crippen LogP contribution in [0.5, 0.6) is 0 Å². The summed E-state index contributed by atoms with van der Waals surface area (Å²) in [6, 6.07) is 7.44. The van der Waals surface area contributed by atoms with Gasteiger partial charge in [0.2, 0.25) is 0 Å². The molecule has 1 saturated heterocycles. The molecular formula is C21H23Cl3N6O. The van der Waals surface area contributed by atoms with Gasteiger partial charge in [-0.05, 0) is 37.6 Å². The predicted octanol–water partition coefficient (Wildman–Crippen LogP) is 4.12. The number of carbonyl (C=O) groups is 1. The predicted molar refractivity (Wildman–Crippen MR) is 122 cm³/mol. The van der Waals surface area contributed by atoms with E-state index in [0.717, 1.165) is 36.6 Å². The molecule has 0 bridgehead atoms. The van der Waals surface area contributed by atoms with Gasteiger partial charge in [0.25, 0.3) is 5.91 Å². The van der Waals surface area contributed by atoms with Gasteiger partial charge >= 0.3 is 0 Å². The van der Waals surface area contributed by atoms with Crippen LogP contribution in [0.4, 0.5) is 0 Å². The van der Waals surface area contributed by atoms with Gasteiger partial charge in [0.1, 0.15) is 12.4 Å². The molecule has 7 nitrogen and oxygen atoms in total. The lowest BCUT2D eigenvalue weighted by Gasteiger charge is -2.34. The van der Waals surface area contributed by atoms with Crippen LogP contribution in [-0.4, -0.2) is 61.4 Å². The molecule has 1 aromatic carbocycles. The fourth-order valence-corrected chi connectivity index (χ4v) is 4.13. The Morgan fingerprint density at radius 3 is 2.39 bits per heavy atom. The Kier molecular flexibility index (Phi) is 6.57. The average Bonchev–Trinajstić information content (AvgIpc) is 3.32. The SMILES string of the molecule is Cc1nn(Cn2ccc(C(=O)N3CCN(Cc4ccc(Cl)c(Cl)c4)CC3)n2)c(C)c1Cl. The maximum absolute atomic E-state index is 12.9. The number of halogens is 3. The summed E-state index contributed by atoms with van der Waals surface area (Å²) < 4.78 is 3.48. The van der Waals surface area contributed by atoms with Gasteiger partial charge in [0.05, 0.1) is 26.5 Å². The Bertz CT molecular complexity index is 1100. The number of hydrogen-bond donors (Lipinski definition) is 0. The molecule has 3 aromatic rings. The van der Waals surface area contributed by atoms with Gasteiger partial charge in [-0.25, -0.2) is 4.68 Å². The second-order valence-corrected chi connectivity index (χ2v) is 8.88. The molecule has 0 saturated carbocycles.